The molecule has 1 aliphatic rings. The van der Waals surface area contributed by atoms with Crippen LogP contribution in [0.3, 0.4) is 0 Å². The summed E-state index contributed by atoms with van der Waals surface area (Å²) in [4.78, 5) is 23.3. The first-order valence-corrected chi connectivity index (χ1v) is 6.18. The molecule has 0 aromatic rings. The Labute approximate surface area is 88.7 Å². The maximum Gasteiger partial charge on any atom is 0.250 e. The van der Waals surface area contributed by atoms with Crippen LogP contribution in [0.5, 0.6) is 0 Å². The zero-order valence-electron chi connectivity index (χ0n) is 8.63. The van der Waals surface area contributed by atoms with Gasteiger partial charge in [-0.05, 0) is 0 Å². The first-order chi connectivity index (χ1) is 6.90. The number of hydrogen-bond donors (Lipinski definition) is 0. The Morgan fingerprint density at radius 2 is 2.20 bits per heavy atom. The van der Waals surface area contributed by atoms with Gasteiger partial charge >= 0.3 is 0 Å². The third-order valence-electron chi connectivity index (χ3n) is 2.28. The summed E-state index contributed by atoms with van der Waals surface area (Å²) in [6.07, 6.45) is 1.78. The molecule has 0 saturated heterocycles. The molecule has 0 aromatic heterocycles. The first-order valence-electron chi connectivity index (χ1n) is 4.47. The highest BCUT2D eigenvalue weighted by atomic mass is 32.2. The summed E-state index contributed by atoms with van der Waals surface area (Å²) >= 11 is 0. The molecule has 6 heteroatoms. The van der Waals surface area contributed by atoms with Crippen LogP contribution in [0.1, 0.15) is 6.42 Å². The van der Waals surface area contributed by atoms with Gasteiger partial charge in [-0.1, -0.05) is 6.08 Å². The van der Waals surface area contributed by atoms with Crippen molar-refractivity contribution < 1.29 is 18.0 Å². The van der Waals surface area contributed by atoms with Crippen molar-refractivity contribution in [3.8, 4) is 0 Å². The van der Waals surface area contributed by atoms with E-state index in [1.54, 1.807) is 14.1 Å². The average molecular weight is 231 g/mol. The highest BCUT2D eigenvalue weighted by Crippen LogP contribution is 2.24. The fourth-order valence-corrected chi connectivity index (χ4v) is 3.09. The van der Waals surface area contributed by atoms with Gasteiger partial charge in [0.05, 0.1) is 11.0 Å². The van der Waals surface area contributed by atoms with Gasteiger partial charge in [0.15, 0.2) is 9.84 Å². The minimum absolute atomic E-state index is 0.145. The zero-order chi connectivity index (χ0) is 11.6. The lowest BCUT2D eigenvalue weighted by Crippen LogP contribution is -2.31. The number of hydrogen-bond acceptors (Lipinski definition) is 4. The van der Waals surface area contributed by atoms with Gasteiger partial charge in [0.1, 0.15) is 6.29 Å². The number of amides is 1. The van der Waals surface area contributed by atoms with Crippen molar-refractivity contribution in [2.75, 3.05) is 19.8 Å². The summed E-state index contributed by atoms with van der Waals surface area (Å²) in [6.45, 7) is 0. The number of aldehydes is 1. The number of sulfone groups is 1. The first kappa shape index (κ1) is 11.9. The normalized spacial score (nSPS) is 23.3. The molecular formula is C9H13NO4S. The molecule has 15 heavy (non-hydrogen) atoms. The van der Waals surface area contributed by atoms with Crippen LogP contribution in [0, 0.1) is 0 Å². The lowest BCUT2D eigenvalue weighted by Gasteiger charge is -2.15. The van der Waals surface area contributed by atoms with E-state index < -0.39 is 15.1 Å². The van der Waals surface area contributed by atoms with Gasteiger partial charge in [-0.2, -0.15) is 0 Å². The van der Waals surface area contributed by atoms with Gasteiger partial charge in [-0.15, -0.1) is 0 Å². The van der Waals surface area contributed by atoms with Crippen molar-refractivity contribution in [3.63, 3.8) is 0 Å². The van der Waals surface area contributed by atoms with Gasteiger partial charge in [-0.3, -0.25) is 4.79 Å². The Kier molecular flexibility index (Phi) is 3.28. The van der Waals surface area contributed by atoms with Gasteiger partial charge in [-0.25, -0.2) is 8.42 Å². The molecule has 0 N–H and O–H groups in total. The predicted molar refractivity (Wildman–Crippen MR) is 55.0 cm³/mol. The van der Waals surface area contributed by atoms with Gasteiger partial charge in [0.25, 0.3) is 0 Å². The molecule has 0 radical (unpaired) electrons. The fourth-order valence-electron chi connectivity index (χ4n) is 1.49. The van der Waals surface area contributed by atoms with Crippen molar-refractivity contribution in [2.45, 2.75) is 11.7 Å². The third-order valence-corrected chi connectivity index (χ3v) is 4.22. The van der Waals surface area contributed by atoms with Crippen LogP contribution in [-0.2, 0) is 19.4 Å². The van der Waals surface area contributed by atoms with E-state index >= 15 is 0 Å². The molecule has 1 aliphatic heterocycles. The van der Waals surface area contributed by atoms with E-state index in [4.69, 9.17) is 0 Å². The van der Waals surface area contributed by atoms with Gasteiger partial charge in [0, 0.05) is 26.1 Å². The van der Waals surface area contributed by atoms with Crippen LogP contribution >= 0.6 is 0 Å². The van der Waals surface area contributed by atoms with Crippen molar-refractivity contribution >= 4 is 22.0 Å². The Bertz CT molecular complexity index is 408. The minimum Gasteiger partial charge on any atom is -0.345 e. The number of likely N-dealkylation sites (N-methyl/N-ethyl adjacent to an activating group) is 1. The molecule has 1 atom stereocenters. The lowest BCUT2D eigenvalue weighted by molar-refractivity contribution is -0.124. The molecule has 0 fully saturated rings. The van der Waals surface area contributed by atoms with Crippen LogP contribution in [0.25, 0.3) is 0 Å². The second-order valence-electron chi connectivity index (χ2n) is 3.58. The molecule has 0 bridgehead atoms. The molecular weight excluding hydrogens is 218 g/mol. The Morgan fingerprint density at radius 1 is 1.60 bits per heavy atom. The van der Waals surface area contributed by atoms with E-state index in [-0.39, 0.29) is 23.7 Å². The van der Waals surface area contributed by atoms with Gasteiger partial charge in [0.2, 0.25) is 5.91 Å². The Hall–Kier alpha value is -1.17. The van der Waals surface area contributed by atoms with Crippen molar-refractivity contribution in [1.29, 1.82) is 0 Å². The monoisotopic (exact) mass is 231 g/mol. The summed E-state index contributed by atoms with van der Waals surface area (Å²) in [5, 5.41) is -0.954. The summed E-state index contributed by atoms with van der Waals surface area (Å²) in [5.41, 5.74) is 0.215. The van der Waals surface area contributed by atoms with Crippen LogP contribution < -0.4 is 0 Å². The minimum atomic E-state index is -3.35. The number of carbonyl (C=O) groups excluding carboxylic acids is 2. The Balaban J connectivity index is 3.01. The molecule has 0 saturated carbocycles. The topological polar surface area (TPSA) is 71.5 Å². The summed E-state index contributed by atoms with van der Waals surface area (Å²) in [6, 6.07) is 0. The summed E-state index contributed by atoms with van der Waals surface area (Å²) in [7, 11) is -0.253. The number of carbonyl (C=O) groups is 2. The van der Waals surface area contributed by atoms with E-state index in [1.807, 2.05) is 0 Å². The number of rotatable bonds is 3. The highest BCUT2D eigenvalue weighted by Gasteiger charge is 2.37. The zero-order valence-corrected chi connectivity index (χ0v) is 9.45. The molecule has 0 aliphatic carbocycles. The van der Waals surface area contributed by atoms with E-state index in [2.05, 4.69) is 0 Å². The van der Waals surface area contributed by atoms with Crippen LogP contribution in [0.15, 0.2) is 11.6 Å². The van der Waals surface area contributed by atoms with Crippen LogP contribution in [0.4, 0.5) is 0 Å². The summed E-state index contributed by atoms with van der Waals surface area (Å²) < 4.78 is 23.0. The molecule has 84 valence electrons. The predicted octanol–water partition coefficient (Wildman–Crippen LogP) is -0.613. The third kappa shape index (κ3) is 2.26. The Morgan fingerprint density at radius 3 is 2.67 bits per heavy atom. The molecule has 5 nitrogen and oxygen atoms in total. The molecule has 1 amide bonds. The molecule has 1 heterocycles. The maximum absolute atomic E-state index is 11.6. The SMILES string of the molecule is CN(C)C(=O)C1=CCS(=O)(=O)C1CC=O. The van der Waals surface area contributed by atoms with Crippen molar-refractivity contribution in [1.82, 2.24) is 4.90 Å². The van der Waals surface area contributed by atoms with E-state index in [9.17, 15) is 18.0 Å². The number of nitrogens with zero attached hydrogens (tertiary/aromatic N) is 1. The highest BCUT2D eigenvalue weighted by molar-refractivity contribution is 7.92. The van der Waals surface area contributed by atoms with E-state index in [1.165, 1.54) is 11.0 Å². The van der Waals surface area contributed by atoms with Crippen molar-refractivity contribution in [2.24, 2.45) is 0 Å². The van der Waals surface area contributed by atoms with E-state index in [0.29, 0.717) is 6.29 Å². The standard InChI is InChI=1S/C9H13NO4S/c1-10(2)9(12)7-4-6-15(13,14)8(7)3-5-11/h4-5,8H,3,6H2,1-2H3. The summed E-state index contributed by atoms with van der Waals surface area (Å²) in [5.74, 6) is -0.497. The lowest BCUT2D eigenvalue weighted by atomic mass is 10.1. The largest absolute Gasteiger partial charge is 0.345 e. The fraction of sp³-hybridized carbons (Fsp3) is 0.556. The van der Waals surface area contributed by atoms with Crippen LogP contribution in [0.2, 0.25) is 0 Å². The molecule has 1 rings (SSSR count). The molecule has 1 unspecified atom stereocenters. The van der Waals surface area contributed by atoms with Crippen molar-refractivity contribution in [3.05, 3.63) is 11.6 Å². The second kappa shape index (κ2) is 4.14. The molecule has 0 aromatic carbocycles. The van der Waals surface area contributed by atoms with E-state index in [0.717, 1.165) is 0 Å². The quantitative estimate of drug-likeness (QED) is 0.607. The molecule has 0 spiro atoms. The van der Waals surface area contributed by atoms with Gasteiger partial charge < -0.3 is 9.69 Å². The second-order valence-corrected chi connectivity index (χ2v) is 5.81. The smallest absolute Gasteiger partial charge is 0.250 e. The average Bonchev–Trinajstić information content (AvgIpc) is 2.42. The maximum atomic E-state index is 11.6. The van der Waals surface area contributed by atoms with Crippen LogP contribution in [-0.4, -0.2) is 50.6 Å².